The van der Waals surface area contributed by atoms with Gasteiger partial charge in [-0.15, -0.1) is 0 Å². The minimum absolute atomic E-state index is 0.0117. The number of carbonyl (C=O) groups is 2. The van der Waals surface area contributed by atoms with Crippen LogP contribution in [-0.2, 0) is 0 Å². The lowest BCUT2D eigenvalue weighted by Crippen LogP contribution is -2.29. The summed E-state index contributed by atoms with van der Waals surface area (Å²) in [6, 6.07) is 17.6. The molecule has 0 radical (unpaired) electrons. The molecule has 3 N–H and O–H groups in total. The second-order valence-corrected chi connectivity index (χ2v) is 8.08. The Morgan fingerprint density at radius 1 is 0.906 bits per heavy atom. The number of carbonyl (C=O) groups excluding carboxylic acids is 1. The number of aromatic hydroxyl groups is 1. The SMILES string of the molecule is Cc1ccccc1-c1ccc(C(=O)O)c(NC(=O)c2cc(N3CCCCC3)ccc2O)c1. The van der Waals surface area contributed by atoms with E-state index in [2.05, 4.69) is 10.2 Å². The molecular formula is C26H26N2O4. The summed E-state index contributed by atoms with van der Waals surface area (Å²) in [6.45, 7) is 3.80. The lowest BCUT2D eigenvalue weighted by Gasteiger charge is -2.29. The zero-order valence-electron chi connectivity index (χ0n) is 18.0. The minimum Gasteiger partial charge on any atom is -0.507 e. The van der Waals surface area contributed by atoms with E-state index in [1.165, 1.54) is 18.6 Å². The van der Waals surface area contributed by atoms with Crippen molar-refractivity contribution in [2.45, 2.75) is 26.2 Å². The number of benzene rings is 3. The van der Waals surface area contributed by atoms with Crippen LogP contribution in [0.4, 0.5) is 11.4 Å². The van der Waals surface area contributed by atoms with E-state index in [1.54, 1.807) is 24.3 Å². The molecule has 0 unspecified atom stereocenters. The summed E-state index contributed by atoms with van der Waals surface area (Å²) in [5.41, 5.74) is 3.96. The van der Waals surface area contributed by atoms with Gasteiger partial charge in [-0.05, 0) is 73.2 Å². The average Bonchev–Trinajstić information content (AvgIpc) is 2.80. The number of aryl methyl sites for hydroxylation is 1. The first-order valence-electron chi connectivity index (χ1n) is 10.8. The number of amides is 1. The van der Waals surface area contributed by atoms with Gasteiger partial charge in [0.15, 0.2) is 0 Å². The van der Waals surface area contributed by atoms with Gasteiger partial charge in [-0.2, -0.15) is 0 Å². The number of phenols is 1. The molecule has 0 bridgehead atoms. The van der Waals surface area contributed by atoms with Crippen LogP contribution in [0.15, 0.2) is 60.7 Å². The number of nitrogens with one attached hydrogen (secondary N) is 1. The van der Waals surface area contributed by atoms with Crippen molar-refractivity contribution < 1.29 is 19.8 Å². The molecule has 4 rings (SSSR count). The number of nitrogens with zero attached hydrogens (tertiary/aromatic N) is 1. The molecule has 1 saturated heterocycles. The molecule has 1 fully saturated rings. The number of rotatable bonds is 5. The highest BCUT2D eigenvalue weighted by Crippen LogP contribution is 2.30. The normalized spacial score (nSPS) is 13.6. The van der Waals surface area contributed by atoms with Gasteiger partial charge in [0.25, 0.3) is 5.91 Å². The number of piperidine rings is 1. The quantitative estimate of drug-likeness (QED) is 0.510. The van der Waals surface area contributed by atoms with Crippen molar-refractivity contribution in [3.8, 4) is 16.9 Å². The fourth-order valence-corrected chi connectivity index (χ4v) is 4.14. The van der Waals surface area contributed by atoms with E-state index < -0.39 is 11.9 Å². The predicted molar refractivity (Wildman–Crippen MR) is 126 cm³/mol. The van der Waals surface area contributed by atoms with Crippen molar-refractivity contribution in [2.24, 2.45) is 0 Å². The van der Waals surface area contributed by atoms with Crippen LogP contribution in [-0.4, -0.2) is 35.2 Å². The number of aromatic carboxylic acids is 1. The zero-order chi connectivity index (χ0) is 22.7. The molecule has 6 heteroatoms. The number of hydrogen-bond acceptors (Lipinski definition) is 4. The number of carboxylic acids is 1. The van der Waals surface area contributed by atoms with Gasteiger partial charge in [0.05, 0.1) is 16.8 Å². The molecule has 164 valence electrons. The Morgan fingerprint density at radius 3 is 2.38 bits per heavy atom. The van der Waals surface area contributed by atoms with Gasteiger partial charge in [-0.3, -0.25) is 4.79 Å². The van der Waals surface area contributed by atoms with E-state index >= 15 is 0 Å². The first kappa shape index (κ1) is 21.4. The minimum atomic E-state index is -1.14. The summed E-state index contributed by atoms with van der Waals surface area (Å²) in [7, 11) is 0. The van der Waals surface area contributed by atoms with E-state index in [9.17, 15) is 19.8 Å². The molecule has 6 nitrogen and oxygen atoms in total. The molecule has 3 aromatic rings. The van der Waals surface area contributed by atoms with Crippen LogP contribution in [0.5, 0.6) is 5.75 Å². The lowest BCUT2D eigenvalue weighted by atomic mass is 9.98. The summed E-state index contributed by atoms with van der Waals surface area (Å²) < 4.78 is 0. The van der Waals surface area contributed by atoms with Crippen molar-refractivity contribution >= 4 is 23.3 Å². The van der Waals surface area contributed by atoms with Crippen LogP contribution >= 0.6 is 0 Å². The van der Waals surface area contributed by atoms with Crippen LogP contribution in [0.25, 0.3) is 11.1 Å². The Hall–Kier alpha value is -3.80. The first-order valence-corrected chi connectivity index (χ1v) is 10.8. The third kappa shape index (κ3) is 4.44. The van der Waals surface area contributed by atoms with E-state index in [-0.39, 0.29) is 22.6 Å². The highest BCUT2D eigenvalue weighted by Gasteiger charge is 2.19. The maximum Gasteiger partial charge on any atom is 0.337 e. The van der Waals surface area contributed by atoms with E-state index in [1.807, 2.05) is 31.2 Å². The van der Waals surface area contributed by atoms with Crippen LogP contribution in [0, 0.1) is 6.92 Å². The Morgan fingerprint density at radius 2 is 1.66 bits per heavy atom. The third-order valence-electron chi connectivity index (χ3n) is 5.90. The monoisotopic (exact) mass is 430 g/mol. The standard InChI is InChI=1S/C26H26N2O4/c1-17-7-3-4-8-20(17)18-9-11-21(26(31)32)23(15-18)27-25(30)22-16-19(10-12-24(22)29)28-13-5-2-6-14-28/h3-4,7-12,15-16,29H,2,5-6,13-14H2,1H3,(H,27,30)(H,31,32). The number of phenolic OH excluding ortho intramolecular Hbond substituents is 1. The van der Waals surface area contributed by atoms with Gasteiger partial charge < -0.3 is 20.4 Å². The predicted octanol–water partition coefficient (Wildman–Crippen LogP) is 5.31. The van der Waals surface area contributed by atoms with Crippen LogP contribution in [0.2, 0.25) is 0 Å². The van der Waals surface area contributed by atoms with Gasteiger partial charge in [0.2, 0.25) is 0 Å². The van der Waals surface area contributed by atoms with E-state index in [0.29, 0.717) is 0 Å². The number of anilines is 2. The molecule has 0 aromatic heterocycles. The molecule has 1 amide bonds. The van der Waals surface area contributed by atoms with Crippen LogP contribution in [0.1, 0.15) is 45.5 Å². The topological polar surface area (TPSA) is 89.9 Å². The fourth-order valence-electron chi connectivity index (χ4n) is 4.14. The number of hydrogen-bond donors (Lipinski definition) is 3. The second-order valence-electron chi connectivity index (χ2n) is 8.08. The fraction of sp³-hybridized carbons (Fsp3) is 0.231. The number of carboxylic acid groups (broad SMARTS) is 1. The highest BCUT2D eigenvalue weighted by molar-refractivity contribution is 6.10. The van der Waals surface area contributed by atoms with Gasteiger partial charge in [0, 0.05) is 18.8 Å². The van der Waals surface area contributed by atoms with Crippen LogP contribution < -0.4 is 10.2 Å². The summed E-state index contributed by atoms with van der Waals surface area (Å²) in [5.74, 6) is -1.83. The molecule has 0 spiro atoms. The Kier molecular flexibility index (Phi) is 6.12. The van der Waals surface area contributed by atoms with Gasteiger partial charge in [-0.1, -0.05) is 30.3 Å². The summed E-state index contributed by atoms with van der Waals surface area (Å²) >= 11 is 0. The van der Waals surface area contributed by atoms with Crippen LogP contribution in [0.3, 0.4) is 0 Å². The molecule has 0 saturated carbocycles. The molecule has 1 heterocycles. The van der Waals surface area contributed by atoms with Gasteiger partial charge >= 0.3 is 5.97 Å². The van der Waals surface area contributed by atoms with Crippen molar-refractivity contribution in [1.82, 2.24) is 0 Å². The molecule has 1 aliphatic heterocycles. The Bertz CT molecular complexity index is 1170. The second kappa shape index (κ2) is 9.14. The molecule has 3 aromatic carbocycles. The summed E-state index contributed by atoms with van der Waals surface area (Å²) in [6.07, 6.45) is 3.38. The zero-order valence-corrected chi connectivity index (χ0v) is 18.0. The third-order valence-corrected chi connectivity index (χ3v) is 5.90. The lowest BCUT2D eigenvalue weighted by molar-refractivity contribution is 0.0698. The van der Waals surface area contributed by atoms with Gasteiger partial charge in [0.1, 0.15) is 5.75 Å². The maximum absolute atomic E-state index is 13.1. The maximum atomic E-state index is 13.1. The highest BCUT2D eigenvalue weighted by atomic mass is 16.4. The summed E-state index contributed by atoms with van der Waals surface area (Å²) in [5, 5.41) is 22.7. The van der Waals surface area contributed by atoms with Gasteiger partial charge in [-0.25, -0.2) is 4.79 Å². The Labute approximate surface area is 187 Å². The molecule has 0 atom stereocenters. The first-order chi connectivity index (χ1) is 15.4. The Balaban J connectivity index is 1.67. The van der Waals surface area contributed by atoms with Crippen molar-refractivity contribution in [3.05, 3.63) is 77.4 Å². The molecular weight excluding hydrogens is 404 g/mol. The molecule has 32 heavy (non-hydrogen) atoms. The largest absolute Gasteiger partial charge is 0.507 e. The van der Waals surface area contributed by atoms with E-state index in [4.69, 9.17) is 0 Å². The average molecular weight is 431 g/mol. The smallest absolute Gasteiger partial charge is 0.337 e. The van der Waals surface area contributed by atoms with E-state index in [0.717, 1.165) is 48.3 Å². The van der Waals surface area contributed by atoms with Crippen molar-refractivity contribution in [1.29, 1.82) is 0 Å². The summed E-state index contributed by atoms with van der Waals surface area (Å²) in [4.78, 5) is 27.0. The van der Waals surface area contributed by atoms with Crippen molar-refractivity contribution in [3.63, 3.8) is 0 Å². The molecule has 1 aliphatic rings. The molecule has 0 aliphatic carbocycles. The van der Waals surface area contributed by atoms with Crippen molar-refractivity contribution in [2.75, 3.05) is 23.3 Å².